The van der Waals surface area contributed by atoms with Crippen molar-refractivity contribution in [1.82, 2.24) is 0 Å². The van der Waals surface area contributed by atoms with Crippen LogP contribution in [0.25, 0.3) is 0 Å². The Morgan fingerprint density at radius 2 is 0.833 bits per heavy atom. The summed E-state index contributed by atoms with van der Waals surface area (Å²) in [5, 5.41) is 20.0. The Kier molecular flexibility index (Phi) is 25.6. The van der Waals surface area contributed by atoms with E-state index in [4.69, 9.17) is 33.2 Å². The third-order valence-electron chi connectivity index (χ3n) is 18.5. The molecular weight excluding hydrogens is 1130 g/mol. The minimum atomic E-state index is -1.03. The average molecular weight is 1240 g/mol. The number of esters is 1. The summed E-state index contributed by atoms with van der Waals surface area (Å²) in [4.78, 5) is 36.0. The van der Waals surface area contributed by atoms with Gasteiger partial charge in [0.25, 0.3) is 0 Å². The number of rotatable bonds is 16. The molecule has 0 aromatic rings. The van der Waals surface area contributed by atoms with Gasteiger partial charge in [-0.1, -0.05) is 105 Å². The van der Waals surface area contributed by atoms with E-state index in [-0.39, 0.29) is 91.7 Å². The highest BCUT2D eigenvalue weighted by molar-refractivity contribution is 5.96. The summed E-state index contributed by atoms with van der Waals surface area (Å²) < 4.78 is 44.2. The van der Waals surface area contributed by atoms with Crippen LogP contribution in [-0.2, 0) is 47.5 Å². The Morgan fingerprint density at radius 1 is 0.489 bits per heavy atom. The lowest BCUT2D eigenvalue weighted by Crippen LogP contribution is -2.49. The Morgan fingerprint density at radius 3 is 1.19 bits per heavy atom. The fraction of sp³-hybridized carbons (Fsp3) is 0.577. The number of hydrogen-bond acceptors (Lipinski definition) is 12. The first-order valence-corrected chi connectivity index (χ1v) is 33.1. The van der Waals surface area contributed by atoms with E-state index >= 15 is 0 Å². The SMILES string of the molecule is CC(=O)OCC1=C[C@@]2(C=C(C)C[C@H](/C=C(\C)CCC=C(C)C)O2)O[C@H]2C=C(C)C(=O)C[C@@H]12.CC(C)=CCC/C(C)=C/[C@H]1CC(C)=C[C@@]2(C=C(CO)[C@@H]3CC(=O)C(C)=C[C@@H]3O2)O1.CC(C)=CCC/C(C)=C/[C@H]1CC(C)=C[C@@]2(C=C(CO)[C@@H]3C[C@@H](C)C(C)=C[C@@H]3O2)O1. The predicted octanol–water partition coefficient (Wildman–Crippen LogP) is 16.5. The number of Topliss-reactive ketones (excluding diaryl/α,β-unsaturated/α-hetero) is 2. The summed E-state index contributed by atoms with van der Waals surface area (Å²) in [6.45, 7) is 35.1. The molecular formula is C78H108O12. The molecule has 3 aliphatic carbocycles. The summed E-state index contributed by atoms with van der Waals surface area (Å²) in [5.41, 5.74) is 17.2. The van der Waals surface area contributed by atoms with Crippen molar-refractivity contribution < 1.29 is 57.8 Å². The van der Waals surface area contributed by atoms with Crippen molar-refractivity contribution in [2.24, 2.45) is 23.7 Å². The van der Waals surface area contributed by atoms with Crippen LogP contribution >= 0.6 is 0 Å². The molecule has 0 aromatic carbocycles. The van der Waals surface area contributed by atoms with Gasteiger partial charge >= 0.3 is 5.97 Å². The van der Waals surface area contributed by atoms with Crippen molar-refractivity contribution in [1.29, 1.82) is 0 Å². The van der Waals surface area contributed by atoms with Gasteiger partial charge in [-0.3, -0.25) is 14.4 Å². The van der Waals surface area contributed by atoms with Crippen LogP contribution in [-0.4, -0.2) is 102 Å². The largest absolute Gasteiger partial charge is 0.461 e. The normalized spacial score (nSPS) is 32.4. The quantitative estimate of drug-likeness (QED) is 0.112. The Labute approximate surface area is 539 Å². The minimum Gasteiger partial charge on any atom is -0.461 e. The molecule has 0 aromatic heterocycles. The van der Waals surface area contributed by atoms with E-state index in [2.05, 4.69) is 146 Å². The van der Waals surface area contributed by atoms with Gasteiger partial charge < -0.3 is 43.4 Å². The Hall–Kier alpha value is -5.41. The predicted molar refractivity (Wildman–Crippen MR) is 360 cm³/mol. The van der Waals surface area contributed by atoms with E-state index in [0.717, 1.165) is 86.5 Å². The van der Waals surface area contributed by atoms with Crippen LogP contribution in [0, 0.1) is 23.7 Å². The summed E-state index contributed by atoms with van der Waals surface area (Å²) in [5.74, 6) is -2.51. The molecule has 492 valence electrons. The van der Waals surface area contributed by atoms with Crippen LogP contribution in [0.2, 0.25) is 0 Å². The van der Waals surface area contributed by atoms with Crippen LogP contribution < -0.4 is 0 Å². The van der Waals surface area contributed by atoms with Crippen molar-refractivity contribution in [3.63, 3.8) is 0 Å². The van der Waals surface area contributed by atoms with Crippen molar-refractivity contribution in [3.8, 4) is 0 Å². The van der Waals surface area contributed by atoms with Gasteiger partial charge in [0.05, 0.1) is 49.8 Å². The number of aliphatic hydroxyl groups excluding tert-OH is 2. The zero-order valence-corrected chi connectivity index (χ0v) is 57.5. The summed E-state index contributed by atoms with van der Waals surface area (Å²) in [7, 11) is 0. The molecule has 0 fully saturated rings. The van der Waals surface area contributed by atoms with Crippen molar-refractivity contribution in [2.75, 3.05) is 19.8 Å². The highest BCUT2D eigenvalue weighted by Gasteiger charge is 2.49. The fourth-order valence-corrected chi connectivity index (χ4v) is 13.8. The number of aliphatic hydroxyl groups is 2. The number of ether oxygens (including phenoxy) is 7. The highest BCUT2D eigenvalue weighted by atomic mass is 16.7. The number of carbonyl (C=O) groups is 3. The number of carbonyl (C=O) groups excluding carboxylic acids is 3. The van der Waals surface area contributed by atoms with E-state index in [1.165, 1.54) is 62.7 Å². The van der Waals surface area contributed by atoms with E-state index in [0.29, 0.717) is 24.3 Å². The molecule has 12 heteroatoms. The van der Waals surface area contributed by atoms with Crippen LogP contribution in [0.4, 0.5) is 0 Å². The third kappa shape index (κ3) is 20.1. The standard InChI is InChI=1S/C27H36O5.C26H38O3.C25H34O4/c1-17(2)8-7-9-18(3)10-23-11-19(4)14-27(31-23)15-22(16-30-21(6)28)24-13-25(29)20(5)12-26(24)32-27;1-17(2)8-7-9-18(3)10-23-11-19(4)14-26(28-23)15-22(16-27)24-12-20(5)21(6)13-25(24)29-26;1-16(2)7-6-8-17(3)9-21-10-18(4)13-25(28-21)14-20(15-26)22-12-23(27)19(5)11-24(22)29-25/h8,10,12,14-15,23-24,26H,7,9,11,13,16H2,1-6H3;8,10,13-15,20,23-25,27H,7,9,11-12,16H2,1-6H3;7,9,11,13-14,21-22,24,26H,6,8,10,12,15H2,1-5H3/b2*18-10+;17-9+/t23-,24-,26-,27+;20-,23+,24+,25+,26-;21-,22-,24-,25+/m010/s1. The second kappa shape index (κ2) is 31.9. The minimum absolute atomic E-state index is 0.00737. The van der Waals surface area contributed by atoms with Crippen molar-refractivity contribution in [2.45, 2.75) is 249 Å². The summed E-state index contributed by atoms with van der Waals surface area (Å²) in [6, 6.07) is 0. The number of hydrogen-bond donors (Lipinski definition) is 2. The maximum atomic E-state index is 12.3. The molecule has 13 atom stereocenters. The maximum Gasteiger partial charge on any atom is 0.302 e. The monoisotopic (exact) mass is 1240 g/mol. The first kappa shape index (κ1) is 72.0. The molecule has 90 heavy (non-hydrogen) atoms. The smallest absolute Gasteiger partial charge is 0.302 e. The molecule has 6 aliphatic heterocycles. The second-order valence-corrected chi connectivity index (χ2v) is 28.0. The number of ketones is 2. The highest BCUT2D eigenvalue weighted by Crippen LogP contribution is 2.47. The lowest BCUT2D eigenvalue weighted by Gasteiger charge is -2.46. The number of fused-ring (bicyclic) bond motifs is 3. The van der Waals surface area contributed by atoms with Gasteiger partial charge in [-0.05, 0) is 250 Å². The van der Waals surface area contributed by atoms with E-state index < -0.39 is 17.4 Å². The molecule has 0 radical (unpaired) electrons. The van der Waals surface area contributed by atoms with Gasteiger partial charge in [-0.15, -0.1) is 0 Å². The maximum absolute atomic E-state index is 12.3. The lowest BCUT2D eigenvalue weighted by atomic mass is 9.75. The first-order chi connectivity index (χ1) is 42.5. The summed E-state index contributed by atoms with van der Waals surface area (Å²) in [6.07, 6.45) is 41.1. The van der Waals surface area contributed by atoms with Crippen molar-refractivity contribution >= 4 is 17.5 Å². The van der Waals surface area contributed by atoms with Crippen LogP contribution in [0.1, 0.15) is 195 Å². The molecule has 0 saturated carbocycles. The zero-order valence-electron chi connectivity index (χ0n) is 57.5. The van der Waals surface area contributed by atoms with Gasteiger partial charge in [-0.25, -0.2) is 0 Å². The van der Waals surface area contributed by atoms with Gasteiger partial charge in [0.15, 0.2) is 11.6 Å². The van der Waals surface area contributed by atoms with Gasteiger partial charge in [0.1, 0.15) is 6.61 Å². The topological polar surface area (TPSA) is 156 Å². The van der Waals surface area contributed by atoms with Crippen LogP contribution in [0.5, 0.6) is 0 Å². The molecule has 0 saturated heterocycles. The van der Waals surface area contributed by atoms with Gasteiger partial charge in [0, 0.05) is 37.5 Å². The molecule has 12 nitrogen and oxygen atoms in total. The Bertz CT molecular complexity index is 3140. The fourth-order valence-electron chi connectivity index (χ4n) is 13.8. The molecule has 0 unspecified atom stereocenters. The number of allylic oxidation sites excluding steroid dienone is 12. The Balaban J connectivity index is 0.000000192. The molecule has 6 heterocycles. The lowest BCUT2D eigenvalue weighted by molar-refractivity contribution is -0.225. The van der Waals surface area contributed by atoms with Crippen LogP contribution in [0.3, 0.4) is 0 Å². The third-order valence-corrected chi connectivity index (χ3v) is 18.5. The average Bonchev–Trinajstić information content (AvgIpc) is 0.816. The van der Waals surface area contributed by atoms with Crippen molar-refractivity contribution in [3.05, 3.63) is 175 Å². The van der Waals surface area contributed by atoms with E-state index in [9.17, 15) is 24.6 Å². The molecule has 9 aliphatic rings. The summed E-state index contributed by atoms with van der Waals surface area (Å²) >= 11 is 0. The van der Waals surface area contributed by atoms with E-state index in [1.54, 1.807) is 0 Å². The zero-order chi connectivity index (χ0) is 65.8. The van der Waals surface area contributed by atoms with Gasteiger partial charge in [0.2, 0.25) is 17.4 Å². The molecule has 9 rings (SSSR count). The van der Waals surface area contributed by atoms with E-state index in [1.807, 2.05) is 56.4 Å². The van der Waals surface area contributed by atoms with Gasteiger partial charge in [-0.2, -0.15) is 0 Å². The second-order valence-electron chi connectivity index (χ2n) is 28.0. The molecule has 0 amide bonds. The molecule has 2 N–H and O–H groups in total. The first-order valence-electron chi connectivity index (χ1n) is 33.1. The van der Waals surface area contributed by atoms with Crippen LogP contribution in [0.15, 0.2) is 175 Å². The molecule has 0 bridgehead atoms. The molecule has 3 spiro atoms.